The molecule has 0 atom stereocenters. The molecule has 7 nitrogen and oxygen atoms in total. The summed E-state index contributed by atoms with van der Waals surface area (Å²) in [6.07, 6.45) is 1.32. The van der Waals surface area contributed by atoms with Gasteiger partial charge in [0, 0.05) is 13.2 Å². The van der Waals surface area contributed by atoms with E-state index in [4.69, 9.17) is 4.74 Å². The summed E-state index contributed by atoms with van der Waals surface area (Å²) >= 11 is 0. The van der Waals surface area contributed by atoms with E-state index in [-0.39, 0.29) is 32.9 Å². The molecule has 0 aromatic heterocycles. The topological polar surface area (TPSA) is 98.8 Å². The van der Waals surface area contributed by atoms with Gasteiger partial charge >= 0.3 is 6.61 Å². The second-order valence-corrected chi connectivity index (χ2v) is 10.5. The molecule has 1 heterocycles. The molecule has 0 bridgehead atoms. The van der Waals surface area contributed by atoms with Crippen molar-refractivity contribution >= 4 is 25.5 Å². The number of anilines is 1. The molecular weight excluding hydrogens is 440 g/mol. The first-order valence-corrected chi connectivity index (χ1v) is 12.3. The second-order valence-electron chi connectivity index (χ2n) is 6.79. The summed E-state index contributed by atoms with van der Waals surface area (Å²) in [5.74, 6) is -0.356. The lowest BCUT2D eigenvalue weighted by atomic mass is 10.0. The Morgan fingerprint density at radius 2 is 1.57 bits per heavy atom. The van der Waals surface area contributed by atoms with Gasteiger partial charge in [-0.2, -0.15) is 8.78 Å². The summed E-state index contributed by atoms with van der Waals surface area (Å²) in [5.41, 5.74) is -0.158. The normalized spacial score (nSPS) is 15.8. The highest BCUT2D eigenvalue weighted by atomic mass is 32.2. The summed E-state index contributed by atoms with van der Waals surface area (Å²) in [7, 11) is -7.72. The van der Waals surface area contributed by atoms with Gasteiger partial charge in [0.2, 0.25) is 0 Å². The number of para-hydroxylation sites is 2. The zero-order valence-electron chi connectivity index (χ0n) is 15.8. The predicted molar refractivity (Wildman–Crippen MR) is 106 cm³/mol. The molecule has 2 aromatic carbocycles. The number of sulfonamides is 1. The number of sulfone groups is 1. The molecule has 1 aliphatic heterocycles. The lowest BCUT2D eigenvalue weighted by Gasteiger charge is -2.21. The lowest BCUT2D eigenvalue weighted by molar-refractivity contribution is -0.0493. The number of rotatable bonds is 8. The van der Waals surface area contributed by atoms with Gasteiger partial charge < -0.3 is 9.47 Å². The van der Waals surface area contributed by atoms with E-state index in [1.807, 2.05) is 0 Å². The van der Waals surface area contributed by atoms with Crippen LogP contribution >= 0.6 is 0 Å². The minimum atomic E-state index is -4.15. The molecule has 0 radical (unpaired) electrons. The van der Waals surface area contributed by atoms with Gasteiger partial charge in [0.05, 0.1) is 21.2 Å². The van der Waals surface area contributed by atoms with E-state index in [0.29, 0.717) is 26.1 Å². The van der Waals surface area contributed by atoms with Crippen molar-refractivity contribution in [2.75, 3.05) is 23.7 Å². The number of alkyl halides is 2. The molecule has 1 fully saturated rings. The predicted octanol–water partition coefficient (Wildman–Crippen LogP) is 3.29. The van der Waals surface area contributed by atoms with Gasteiger partial charge in [0.15, 0.2) is 9.84 Å². The Morgan fingerprint density at radius 3 is 2.20 bits per heavy atom. The van der Waals surface area contributed by atoms with Crippen LogP contribution < -0.4 is 9.46 Å². The van der Waals surface area contributed by atoms with Crippen molar-refractivity contribution in [2.24, 2.45) is 5.92 Å². The van der Waals surface area contributed by atoms with E-state index in [0.717, 1.165) is 12.1 Å². The molecule has 1 N–H and O–H groups in total. The molecule has 1 aliphatic rings. The first-order valence-electron chi connectivity index (χ1n) is 9.14. The average molecular weight is 462 g/mol. The fraction of sp³-hybridized carbons (Fsp3) is 0.368. The Kier molecular flexibility index (Phi) is 6.94. The number of hydrogen-bond donors (Lipinski definition) is 1. The fourth-order valence-electron chi connectivity index (χ4n) is 3.10. The quantitative estimate of drug-likeness (QED) is 0.648. The zero-order chi connectivity index (χ0) is 21.8. The number of hydrogen-bond acceptors (Lipinski definition) is 6. The Morgan fingerprint density at radius 1 is 0.967 bits per heavy atom. The molecule has 3 rings (SSSR count). The van der Waals surface area contributed by atoms with Gasteiger partial charge in [-0.25, -0.2) is 16.8 Å². The molecule has 11 heteroatoms. The van der Waals surface area contributed by atoms with Gasteiger partial charge in [0.25, 0.3) is 10.0 Å². The van der Waals surface area contributed by atoms with Crippen LogP contribution in [0.5, 0.6) is 5.75 Å². The van der Waals surface area contributed by atoms with Crippen LogP contribution in [0.15, 0.2) is 58.3 Å². The number of nitrogens with one attached hydrogen (secondary N) is 1. The van der Waals surface area contributed by atoms with Crippen molar-refractivity contribution in [1.29, 1.82) is 0 Å². The lowest BCUT2D eigenvalue weighted by Crippen LogP contribution is -2.23. The van der Waals surface area contributed by atoms with Gasteiger partial charge in [-0.3, -0.25) is 4.72 Å². The molecule has 1 saturated heterocycles. The van der Waals surface area contributed by atoms with Crippen molar-refractivity contribution in [3.63, 3.8) is 0 Å². The third-order valence-corrected chi connectivity index (χ3v) is 7.92. The maximum Gasteiger partial charge on any atom is 0.387 e. The third-order valence-electron chi connectivity index (χ3n) is 4.64. The van der Waals surface area contributed by atoms with Crippen molar-refractivity contribution in [2.45, 2.75) is 29.2 Å². The van der Waals surface area contributed by atoms with Crippen molar-refractivity contribution in [1.82, 2.24) is 0 Å². The van der Waals surface area contributed by atoms with Gasteiger partial charge in [-0.1, -0.05) is 12.1 Å². The number of benzene rings is 2. The minimum absolute atomic E-state index is 0.000150. The SMILES string of the molecule is O=S(=O)(CC1CCOCC1)c1ccc(S(=O)(=O)Nc2ccccc2OC(F)F)cc1. The van der Waals surface area contributed by atoms with Crippen molar-refractivity contribution < 1.29 is 35.1 Å². The van der Waals surface area contributed by atoms with Crippen LogP contribution in [0.4, 0.5) is 14.5 Å². The van der Waals surface area contributed by atoms with Crippen LogP contribution in [0.1, 0.15) is 12.8 Å². The standard InChI is InChI=1S/C19H21F2NO6S2/c20-19(21)28-18-4-2-1-3-17(18)22-30(25,26)16-7-5-15(6-8-16)29(23,24)13-14-9-11-27-12-10-14/h1-8,14,19,22H,9-13H2. The highest BCUT2D eigenvalue weighted by Crippen LogP contribution is 2.28. The molecule has 0 spiro atoms. The molecular formula is C19H21F2NO6S2. The van der Waals surface area contributed by atoms with Gasteiger partial charge in [0.1, 0.15) is 5.75 Å². The monoisotopic (exact) mass is 461 g/mol. The summed E-state index contributed by atoms with van der Waals surface area (Å²) < 4.78 is 87.2. The van der Waals surface area contributed by atoms with E-state index < -0.39 is 26.5 Å². The highest BCUT2D eigenvalue weighted by Gasteiger charge is 2.24. The Balaban J connectivity index is 1.77. The van der Waals surface area contributed by atoms with E-state index in [1.54, 1.807) is 0 Å². The van der Waals surface area contributed by atoms with E-state index in [2.05, 4.69) is 9.46 Å². The zero-order valence-corrected chi connectivity index (χ0v) is 17.5. The largest absolute Gasteiger partial charge is 0.433 e. The van der Waals surface area contributed by atoms with Crippen LogP contribution in [0.3, 0.4) is 0 Å². The fourth-order valence-corrected chi connectivity index (χ4v) is 5.87. The van der Waals surface area contributed by atoms with Crippen LogP contribution in [0.2, 0.25) is 0 Å². The molecule has 2 aromatic rings. The maximum absolute atomic E-state index is 12.6. The summed E-state index contributed by atoms with van der Waals surface area (Å²) in [6.45, 7) is -2.06. The van der Waals surface area contributed by atoms with E-state index >= 15 is 0 Å². The van der Waals surface area contributed by atoms with Gasteiger partial charge in [-0.05, 0) is 55.2 Å². The van der Waals surface area contributed by atoms with Crippen molar-refractivity contribution in [3.05, 3.63) is 48.5 Å². The van der Waals surface area contributed by atoms with Crippen LogP contribution in [0, 0.1) is 5.92 Å². The summed E-state index contributed by atoms with van der Waals surface area (Å²) in [4.78, 5) is -0.186. The molecule has 0 amide bonds. The smallest absolute Gasteiger partial charge is 0.387 e. The molecule has 30 heavy (non-hydrogen) atoms. The molecule has 0 aliphatic carbocycles. The number of halogens is 2. The van der Waals surface area contributed by atoms with Crippen LogP contribution in [-0.2, 0) is 24.6 Å². The third kappa shape index (κ3) is 5.67. The summed E-state index contributed by atoms with van der Waals surface area (Å²) in [6, 6.07) is 10.1. The molecule has 0 saturated carbocycles. The van der Waals surface area contributed by atoms with Crippen molar-refractivity contribution in [3.8, 4) is 5.75 Å². The Hall–Kier alpha value is -2.24. The molecule has 0 unspecified atom stereocenters. The van der Waals surface area contributed by atoms with E-state index in [1.165, 1.54) is 36.4 Å². The van der Waals surface area contributed by atoms with Gasteiger partial charge in [-0.15, -0.1) is 0 Å². The Labute approximate surface area is 174 Å². The molecule has 164 valence electrons. The Bertz CT molecular complexity index is 1070. The first kappa shape index (κ1) is 22.4. The summed E-state index contributed by atoms with van der Waals surface area (Å²) in [5, 5.41) is 0. The van der Waals surface area contributed by atoms with Crippen LogP contribution in [0.25, 0.3) is 0 Å². The average Bonchev–Trinajstić information content (AvgIpc) is 2.69. The maximum atomic E-state index is 12.6. The number of ether oxygens (including phenoxy) is 2. The van der Waals surface area contributed by atoms with Crippen LogP contribution in [-0.4, -0.2) is 42.4 Å². The second kappa shape index (κ2) is 9.27. The minimum Gasteiger partial charge on any atom is -0.433 e. The first-order chi connectivity index (χ1) is 14.2. The van der Waals surface area contributed by atoms with E-state index in [9.17, 15) is 25.6 Å². The highest BCUT2D eigenvalue weighted by molar-refractivity contribution is 7.92.